The molecule has 5 rings (SSSR count). The van der Waals surface area contributed by atoms with Gasteiger partial charge in [0.15, 0.2) is 5.82 Å². The van der Waals surface area contributed by atoms with Gasteiger partial charge in [0.25, 0.3) is 0 Å². The molecule has 166 valence electrons. The highest BCUT2D eigenvalue weighted by molar-refractivity contribution is 5.85. The Morgan fingerprint density at radius 3 is 2.84 bits per heavy atom. The Bertz CT molecular complexity index is 951. The van der Waals surface area contributed by atoms with Crippen LogP contribution in [-0.2, 0) is 22.4 Å². The highest BCUT2D eigenvalue weighted by Crippen LogP contribution is 2.33. The van der Waals surface area contributed by atoms with Gasteiger partial charge < -0.3 is 19.9 Å². The maximum absolute atomic E-state index is 12.7. The van der Waals surface area contributed by atoms with E-state index in [1.807, 2.05) is 14.1 Å². The Balaban J connectivity index is 1.41. The van der Waals surface area contributed by atoms with E-state index in [-0.39, 0.29) is 11.9 Å². The molecule has 0 bridgehead atoms. The van der Waals surface area contributed by atoms with Crippen LogP contribution in [0.25, 0.3) is 0 Å². The molecule has 1 amide bonds. The van der Waals surface area contributed by atoms with Crippen molar-refractivity contribution in [2.45, 2.75) is 56.9 Å². The van der Waals surface area contributed by atoms with Gasteiger partial charge in [-0.1, -0.05) is 0 Å². The second kappa shape index (κ2) is 8.45. The van der Waals surface area contributed by atoms with Gasteiger partial charge in [-0.05, 0) is 44.9 Å². The number of H-pyrrole nitrogens is 1. The second-order valence-electron chi connectivity index (χ2n) is 8.96. The largest absolute Gasteiger partial charge is 0.381 e. The molecule has 2 aromatic rings. The molecule has 2 aromatic heterocycles. The van der Waals surface area contributed by atoms with Crippen LogP contribution in [0.5, 0.6) is 0 Å². The molecule has 2 fully saturated rings. The summed E-state index contributed by atoms with van der Waals surface area (Å²) in [6.45, 7) is 2.41. The van der Waals surface area contributed by atoms with E-state index >= 15 is 0 Å². The lowest BCUT2D eigenvalue weighted by Crippen LogP contribution is -2.43. The topological polar surface area (TPSA) is 99.3 Å². The van der Waals surface area contributed by atoms with Gasteiger partial charge in [0.2, 0.25) is 11.9 Å². The van der Waals surface area contributed by atoms with Crippen molar-refractivity contribution in [1.29, 1.82) is 0 Å². The van der Waals surface area contributed by atoms with E-state index in [0.717, 1.165) is 87.7 Å². The first-order valence-corrected chi connectivity index (χ1v) is 11.4. The Hall–Kier alpha value is -2.68. The van der Waals surface area contributed by atoms with Gasteiger partial charge in [0, 0.05) is 57.1 Å². The summed E-state index contributed by atoms with van der Waals surface area (Å²) in [4.78, 5) is 26.2. The van der Waals surface area contributed by atoms with Crippen LogP contribution in [0.2, 0.25) is 0 Å². The molecular weight excluding hydrogens is 394 g/mol. The summed E-state index contributed by atoms with van der Waals surface area (Å²) < 4.78 is 5.48. The summed E-state index contributed by atoms with van der Waals surface area (Å²) in [5.41, 5.74) is 3.41. The number of carbonyl (C=O) groups excluding carboxylic acids is 1. The molecule has 31 heavy (non-hydrogen) atoms. The van der Waals surface area contributed by atoms with Gasteiger partial charge in [-0.2, -0.15) is 10.1 Å². The van der Waals surface area contributed by atoms with E-state index < -0.39 is 0 Å². The second-order valence-corrected chi connectivity index (χ2v) is 8.96. The van der Waals surface area contributed by atoms with Gasteiger partial charge in [-0.15, -0.1) is 0 Å². The van der Waals surface area contributed by atoms with Gasteiger partial charge >= 0.3 is 0 Å². The molecular formula is C22H31N7O2. The summed E-state index contributed by atoms with van der Waals surface area (Å²) in [5.74, 6) is 2.84. The first-order chi connectivity index (χ1) is 15.1. The minimum Gasteiger partial charge on any atom is -0.381 e. The first-order valence-electron chi connectivity index (χ1n) is 11.4. The number of carbonyl (C=O) groups is 1. The summed E-state index contributed by atoms with van der Waals surface area (Å²) in [6, 6.07) is 1.90. The van der Waals surface area contributed by atoms with E-state index in [4.69, 9.17) is 14.7 Å². The smallest absolute Gasteiger partial charge is 0.244 e. The number of anilines is 3. The normalized spacial score (nSPS) is 21.4. The number of aromatic amines is 1. The molecule has 2 N–H and O–H groups in total. The van der Waals surface area contributed by atoms with Gasteiger partial charge in [0.1, 0.15) is 11.9 Å². The van der Waals surface area contributed by atoms with Crippen molar-refractivity contribution in [2.75, 3.05) is 44.1 Å². The van der Waals surface area contributed by atoms with Crippen molar-refractivity contribution >= 4 is 23.5 Å². The van der Waals surface area contributed by atoms with Crippen LogP contribution in [0.1, 0.15) is 55.0 Å². The molecule has 9 nitrogen and oxygen atoms in total. The third-order valence-corrected chi connectivity index (χ3v) is 6.66. The zero-order valence-corrected chi connectivity index (χ0v) is 18.4. The number of ether oxygens (including phenoxy) is 1. The van der Waals surface area contributed by atoms with Crippen molar-refractivity contribution in [3.8, 4) is 0 Å². The summed E-state index contributed by atoms with van der Waals surface area (Å²) in [5, 5.41) is 11.1. The molecule has 0 spiro atoms. The average molecular weight is 426 g/mol. The number of nitrogens with one attached hydrogen (secondary N) is 2. The molecule has 0 radical (unpaired) electrons. The van der Waals surface area contributed by atoms with E-state index in [2.05, 4.69) is 26.5 Å². The van der Waals surface area contributed by atoms with E-state index in [0.29, 0.717) is 11.9 Å². The molecule has 3 aliphatic rings. The third-order valence-electron chi connectivity index (χ3n) is 6.66. The summed E-state index contributed by atoms with van der Waals surface area (Å²) >= 11 is 0. The maximum atomic E-state index is 12.7. The number of hydrogen-bond donors (Lipinski definition) is 2. The zero-order valence-electron chi connectivity index (χ0n) is 18.4. The number of hydrogen-bond acceptors (Lipinski definition) is 7. The highest BCUT2D eigenvalue weighted by atomic mass is 16.5. The third kappa shape index (κ3) is 3.98. The molecule has 1 aliphatic carbocycles. The molecule has 1 atom stereocenters. The Morgan fingerprint density at radius 1 is 1.19 bits per heavy atom. The summed E-state index contributed by atoms with van der Waals surface area (Å²) in [7, 11) is 3.62. The molecule has 2 saturated heterocycles. The first kappa shape index (κ1) is 20.2. The van der Waals surface area contributed by atoms with Crippen LogP contribution in [0.15, 0.2) is 6.07 Å². The van der Waals surface area contributed by atoms with E-state index in [1.165, 1.54) is 5.56 Å². The summed E-state index contributed by atoms with van der Waals surface area (Å²) in [6.07, 6.45) is 6.85. The molecule has 0 aromatic carbocycles. The fourth-order valence-corrected chi connectivity index (χ4v) is 4.95. The average Bonchev–Trinajstić information content (AvgIpc) is 3.53. The van der Waals surface area contributed by atoms with Crippen molar-refractivity contribution < 1.29 is 9.53 Å². The van der Waals surface area contributed by atoms with E-state index in [9.17, 15) is 4.79 Å². The number of aromatic nitrogens is 4. The lowest BCUT2D eigenvalue weighted by atomic mass is 9.97. The minimum absolute atomic E-state index is 0.115. The van der Waals surface area contributed by atoms with Crippen LogP contribution in [-0.4, -0.2) is 70.9 Å². The molecule has 9 heteroatoms. The molecule has 0 saturated carbocycles. The number of amides is 1. The van der Waals surface area contributed by atoms with Crippen molar-refractivity contribution in [2.24, 2.45) is 0 Å². The zero-order chi connectivity index (χ0) is 21.4. The van der Waals surface area contributed by atoms with Crippen molar-refractivity contribution in [3.63, 3.8) is 0 Å². The minimum atomic E-state index is -0.187. The van der Waals surface area contributed by atoms with Crippen LogP contribution in [0, 0.1) is 0 Å². The molecule has 4 heterocycles. The number of likely N-dealkylation sites (N-methyl/N-ethyl adjacent to an activating group) is 1. The Morgan fingerprint density at radius 2 is 2.03 bits per heavy atom. The van der Waals surface area contributed by atoms with Crippen LogP contribution < -0.4 is 10.2 Å². The predicted molar refractivity (Wildman–Crippen MR) is 118 cm³/mol. The monoisotopic (exact) mass is 425 g/mol. The fourth-order valence-electron chi connectivity index (χ4n) is 4.95. The van der Waals surface area contributed by atoms with Gasteiger partial charge in [-0.3, -0.25) is 9.89 Å². The number of aryl methyl sites for hydroxylation is 1. The van der Waals surface area contributed by atoms with Gasteiger partial charge in [0.05, 0.1) is 5.69 Å². The fraction of sp³-hybridized carbons (Fsp3) is 0.636. The maximum Gasteiger partial charge on any atom is 0.244 e. The van der Waals surface area contributed by atoms with Crippen LogP contribution in [0.3, 0.4) is 0 Å². The van der Waals surface area contributed by atoms with Gasteiger partial charge in [-0.25, -0.2) is 4.98 Å². The number of nitrogens with zero attached hydrogens (tertiary/aromatic N) is 5. The molecule has 2 aliphatic heterocycles. The quantitative estimate of drug-likeness (QED) is 0.759. The van der Waals surface area contributed by atoms with Crippen LogP contribution >= 0.6 is 0 Å². The van der Waals surface area contributed by atoms with Crippen molar-refractivity contribution in [1.82, 2.24) is 25.1 Å². The molecule has 1 unspecified atom stereocenters. The lowest BCUT2D eigenvalue weighted by molar-refractivity contribution is -0.129. The number of rotatable bonds is 5. The Labute approximate surface area is 182 Å². The highest BCUT2D eigenvalue weighted by Gasteiger charge is 2.34. The van der Waals surface area contributed by atoms with Crippen LogP contribution in [0.4, 0.5) is 17.6 Å². The lowest BCUT2D eigenvalue weighted by Gasteiger charge is -2.27. The number of fused-ring (bicyclic) bond motifs is 1. The predicted octanol–water partition coefficient (Wildman–Crippen LogP) is 2.38. The Kier molecular flexibility index (Phi) is 5.52. The van der Waals surface area contributed by atoms with Crippen molar-refractivity contribution in [3.05, 3.63) is 23.0 Å². The van der Waals surface area contributed by atoms with E-state index in [1.54, 1.807) is 4.90 Å². The standard InChI is InChI=1S/C22H31N7O2/c1-28(2)21(30)18-7-4-10-29(18)22-23-16-6-3-5-15(16)20(25-22)24-19-13-17(26-27-19)14-8-11-31-12-9-14/h13-14,18H,3-12H2,1-2H3,(H2,23,24,25,26,27). The SMILES string of the molecule is CN(C)C(=O)C1CCCN1c1nc2c(c(Nc3cc(C4CCOCC4)[nH]n3)n1)CCC2.